The van der Waals surface area contributed by atoms with Gasteiger partial charge in [-0.15, -0.1) is 24.8 Å². The van der Waals surface area contributed by atoms with Crippen molar-refractivity contribution in [3.05, 3.63) is 52.0 Å². The van der Waals surface area contributed by atoms with Crippen LogP contribution in [0.25, 0.3) is 0 Å². The molecule has 0 amide bonds. The standard InChI is InChI=1S/C28H41ClN2O3.2ClH/c1-3-16-31(23-10-11-24-22(20-23)9-12-26(32)28(24)33)17-7-5-4-6-14-30-15-18-34-27-13-8-21(2)19-25(27)29;;/h8-9,12-13,19,23,30,32-33H,3-7,10-11,14-18,20H2,1-2H3;2*1H/t23-;;/m0../s1. The molecule has 2 aromatic carbocycles. The number of halogens is 3. The van der Waals surface area contributed by atoms with E-state index in [0.29, 0.717) is 17.7 Å². The molecule has 0 unspecified atom stereocenters. The molecule has 3 rings (SSSR count). The summed E-state index contributed by atoms with van der Waals surface area (Å²) in [7, 11) is 0. The molecule has 36 heavy (non-hydrogen) atoms. The normalized spacial score (nSPS) is 14.6. The summed E-state index contributed by atoms with van der Waals surface area (Å²) in [6.45, 7) is 8.98. The van der Waals surface area contributed by atoms with Crippen LogP contribution in [0.4, 0.5) is 0 Å². The number of benzene rings is 2. The van der Waals surface area contributed by atoms with Crippen LogP contribution >= 0.6 is 36.4 Å². The van der Waals surface area contributed by atoms with E-state index < -0.39 is 0 Å². The van der Waals surface area contributed by atoms with Crippen molar-refractivity contribution in [2.75, 3.05) is 32.8 Å². The first kappa shape index (κ1) is 32.7. The van der Waals surface area contributed by atoms with Gasteiger partial charge in [-0.25, -0.2) is 0 Å². The van der Waals surface area contributed by atoms with Gasteiger partial charge in [0.1, 0.15) is 12.4 Å². The van der Waals surface area contributed by atoms with Crippen molar-refractivity contribution in [3.8, 4) is 17.2 Å². The highest BCUT2D eigenvalue weighted by atomic mass is 35.5. The summed E-state index contributed by atoms with van der Waals surface area (Å²) in [4.78, 5) is 2.64. The largest absolute Gasteiger partial charge is 0.504 e. The molecule has 5 nitrogen and oxygen atoms in total. The quantitative estimate of drug-likeness (QED) is 0.177. The minimum atomic E-state index is 0. The van der Waals surface area contributed by atoms with Crippen LogP contribution in [0.3, 0.4) is 0 Å². The highest BCUT2D eigenvalue weighted by Crippen LogP contribution is 2.36. The second-order valence-electron chi connectivity index (χ2n) is 9.45. The van der Waals surface area contributed by atoms with Crippen LogP contribution in [-0.2, 0) is 12.8 Å². The van der Waals surface area contributed by atoms with Crippen molar-refractivity contribution < 1.29 is 14.9 Å². The number of hydrogen-bond donors (Lipinski definition) is 3. The maximum Gasteiger partial charge on any atom is 0.160 e. The number of fused-ring (bicyclic) bond motifs is 1. The molecule has 0 bridgehead atoms. The topological polar surface area (TPSA) is 65.0 Å². The number of nitrogens with one attached hydrogen (secondary N) is 1. The highest BCUT2D eigenvalue weighted by molar-refractivity contribution is 6.32. The highest BCUT2D eigenvalue weighted by Gasteiger charge is 2.26. The van der Waals surface area contributed by atoms with Crippen LogP contribution in [-0.4, -0.2) is 53.9 Å². The van der Waals surface area contributed by atoms with E-state index in [-0.39, 0.29) is 36.3 Å². The van der Waals surface area contributed by atoms with Gasteiger partial charge < -0.3 is 25.2 Å². The van der Waals surface area contributed by atoms with Crippen LogP contribution in [0.1, 0.15) is 62.1 Å². The van der Waals surface area contributed by atoms with Crippen LogP contribution in [0.2, 0.25) is 5.02 Å². The van der Waals surface area contributed by atoms with Gasteiger partial charge in [0.25, 0.3) is 0 Å². The minimum Gasteiger partial charge on any atom is -0.504 e. The fourth-order valence-corrected chi connectivity index (χ4v) is 5.17. The maximum absolute atomic E-state index is 10.2. The third kappa shape index (κ3) is 9.83. The van der Waals surface area contributed by atoms with Gasteiger partial charge >= 0.3 is 0 Å². The van der Waals surface area contributed by atoms with E-state index in [1.807, 2.05) is 31.2 Å². The Kier molecular flexibility index (Phi) is 15.6. The molecule has 3 N–H and O–H groups in total. The molecule has 0 aliphatic heterocycles. The van der Waals surface area contributed by atoms with Gasteiger partial charge in [-0.3, -0.25) is 0 Å². The van der Waals surface area contributed by atoms with E-state index in [4.69, 9.17) is 16.3 Å². The van der Waals surface area contributed by atoms with Crippen molar-refractivity contribution in [2.24, 2.45) is 0 Å². The summed E-state index contributed by atoms with van der Waals surface area (Å²) in [5.74, 6) is 0.833. The summed E-state index contributed by atoms with van der Waals surface area (Å²) in [6, 6.07) is 10.0. The molecule has 0 spiro atoms. The van der Waals surface area contributed by atoms with E-state index in [1.165, 1.54) is 31.2 Å². The molecule has 8 heteroatoms. The number of phenolic OH excluding ortho intramolecular Hbond substituents is 2. The van der Waals surface area contributed by atoms with E-state index in [9.17, 15) is 10.2 Å². The molecule has 204 valence electrons. The SMILES string of the molecule is CCCN(CCCCCCNCCOc1ccc(C)cc1Cl)[C@H]1CCc2c(ccc(O)c2O)C1.Cl.Cl. The summed E-state index contributed by atoms with van der Waals surface area (Å²) in [5, 5.41) is 24.1. The summed E-state index contributed by atoms with van der Waals surface area (Å²) < 4.78 is 5.75. The lowest BCUT2D eigenvalue weighted by molar-refractivity contribution is 0.175. The molecule has 0 heterocycles. The smallest absolute Gasteiger partial charge is 0.160 e. The number of hydrogen-bond acceptors (Lipinski definition) is 5. The monoisotopic (exact) mass is 560 g/mol. The fraction of sp³-hybridized carbons (Fsp3) is 0.571. The van der Waals surface area contributed by atoms with E-state index in [2.05, 4.69) is 17.1 Å². The Morgan fingerprint density at radius 2 is 1.81 bits per heavy atom. The van der Waals surface area contributed by atoms with Crippen molar-refractivity contribution in [2.45, 2.75) is 71.3 Å². The Morgan fingerprint density at radius 1 is 1.03 bits per heavy atom. The first-order valence-electron chi connectivity index (χ1n) is 12.9. The molecule has 1 aliphatic carbocycles. The lowest BCUT2D eigenvalue weighted by Gasteiger charge is -2.35. The summed E-state index contributed by atoms with van der Waals surface area (Å²) in [6.07, 6.45) is 8.88. The first-order chi connectivity index (χ1) is 16.5. The van der Waals surface area contributed by atoms with E-state index >= 15 is 0 Å². The Hall–Kier alpha value is -1.37. The third-order valence-corrected chi connectivity index (χ3v) is 7.04. The number of phenols is 2. The van der Waals surface area contributed by atoms with Gasteiger partial charge in [-0.1, -0.05) is 43.5 Å². The van der Waals surface area contributed by atoms with Crippen LogP contribution in [0, 0.1) is 6.92 Å². The van der Waals surface area contributed by atoms with Gasteiger partial charge in [0, 0.05) is 18.2 Å². The van der Waals surface area contributed by atoms with Crippen LogP contribution in [0.15, 0.2) is 30.3 Å². The zero-order chi connectivity index (χ0) is 24.3. The van der Waals surface area contributed by atoms with Crippen LogP contribution in [0.5, 0.6) is 17.2 Å². The van der Waals surface area contributed by atoms with E-state index in [0.717, 1.165) is 68.7 Å². The Morgan fingerprint density at radius 3 is 2.56 bits per heavy atom. The summed E-state index contributed by atoms with van der Waals surface area (Å²) >= 11 is 6.20. The van der Waals surface area contributed by atoms with Gasteiger partial charge in [-0.2, -0.15) is 0 Å². The van der Waals surface area contributed by atoms with Gasteiger partial charge in [0.2, 0.25) is 0 Å². The second-order valence-corrected chi connectivity index (χ2v) is 9.86. The van der Waals surface area contributed by atoms with Crippen molar-refractivity contribution in [1.82, 2.24) is 10.2 Å². The Bertz CT molecular complexity index is 914. The molecule has 0 aromatic heterocycles. The number of nitrogens with zero attached hydrogens (tertiary/aromatic N) is 1. The first-order valence-corrected chi connectivity index (χ1v) is 13.2. The summed E-state index contributed by atoms with van der Waals surface area (Å²) in [5.41, 5.74) is 3.26. The maximum atomic E-state index is 10.2. The molecular formula is C28H43Cl3N2O3. The third-order valence-electron chi connectivity index (χ3n) is 6.74. The molecule has 0 saturated heterocycles. The zero-order valence-electron chi connectivity index (χ0n) is 21.6. The van der Waals surface area contributed by atoms with E-state index in [1.54, 1.807) is 6.07 Å². The molecular weight excluding hydrogens is 519 g/mol. The second kappa shape index (κ2) is 17.2. The Balaban J connectivity index is 0.00000324. The number of rotatable bonds is 14. The number of ether oxygens (including phenoxy) is 1. The predicted octanol–water partition coefficient (Wildman–Crippen LogP) is 6.70. The Labute approximate surface area is 234 Å². The van der Waals surface area contributed by atoms with Gasteiger partial charge in [0.05, 0.1) is 5.02 Å². The zero-order valence-corrected chi connectivity index (χ0v) is 24.0. The molecule has 1 aliphatic rings. The number of aryl methyl sites for hydroxylation is 1. The molecule has 0 radical (unpaired) electrons. The average Bonchev–Trinajstić information content (AvgIpc) is 2.83. The van der Waals surface area contributed by atoms with Gasteiger partial charge in [0.15, 0.2) is 11.5 Å². The average molecular weight is 562 g/mol. The number of unbranched alkanes of at least 4 members (excludes halogenated alkanes) is 3. The fourth-order valence-electron chi connectivity index (χ4n) is 4.88. The van der Waals surface area contributed by atoms with Crippen LogP contribution < -0.4 is 10.1 Å². The van der Waals surface area contributed by atoms with Crippen molar-refractivity contribution in [3.63, 3.8) is 0 Å². The lowest BCUT2D eigenvalue weighted by atomic mass is 9.86. The molecule has 0 saturated carbocycles. The van der Waals surface area contributed by atoms with Crippen molar-refractivity contribution >= 4 is 36.4 Å². The lowest BCUT2D eigenvalue weighted by Crippen LogP contribution is -2.40. The van der Waals surface area contributed by atoms with Gasteiger partial charge in [-0.05, 0) is 94.4 Å². The molecule has 1 atom stereocenters. The number of aromatic hydroxyl groups is 2. The predicted molar refractivity (Wildman–Crippen MR) is 155 cm³/mol. The van der Waals surface area contributed by atoms with Crippen molar-refractivity contribution in [1.29, 1.82) is 0 Å². The molecule has 2 aromatic rings. The molecule has 0 fully saturated rings. The minimum absolute atomic E-state index is 0.